The van der Waals surface area contributed by atoms with Gasteiger partial charge >= 0.3 is 0 Å². The minimum absolute atomic E-state index is 0.196. The second-order valence-corrected chi connectivity index (χ2v) is 8.55. The van der Waals surface area contributed by atoms with Gasteiger partial charge in [-0.05, 0) is 53.4 Å². The molecule has 6 rings (SSSR count). The van der Waals surface area contributed by atoms with E-state index >= 15 is 0 Å². The molecule has 0 radical (unpaired) electrons. The van der Waals surface area contributed by atoms with Crippen LogP contribution in [0.25, 0.3) is 10.8 Å². The van der Waals surface area contributed by atoms with Crippen molar-refractivity contribution in [2.45, 2.75) is 43.9 Å². The van der Waals surface area contributed by atoms with Gasteiger partial charge in [0.25, 0.3) is 0 Å². The number of rotatable bonds is 1. The van der Waals surface area contributed by atoms with Crippen LogP contribution in [-0.4, -0.2) is 16.4 Å². The zero-order valence-corrected chi connectivity index (χ0v) is 16.3. The van der Waals surface area contributed by atoms with Crippen molar-refractivity contribution in [3.05, 3.63) is 76.8 Å². The molecule has 0 saturated heterocycles. The average Bonchev–Trinajstić information content (AvgIpc) is 3.37. The van der Waals surface area contributed by atoms with Crippen molar-refractivity contribution in [2.75, 3.05) is 0 Å². The molecule has 3 nitrogen and oxygen atoms in total. The molecular formula is C24H21ClN2O. The molecule has 1 aliphatic carbocycles. The summed E-state index contributed by atoms with van der Waals surface area (Å²) < 4.78 is 6.56. The van der Waals surface area contributed by atoms with Gasteiger partial charge in [0.2, 0.25) is 0 Å². The zero-order chi connectivity index (χ0) is 18.7. The largest absolute Gasteiger partial charge is 0.466 e. The van der Waals surface area contributed by atoms with Gasteiger partial charge in [0.15, 0.2) is 5.72 Å². The van der Waals surface area contributed by atoms with Gasteiger partial charge in [0.1, 0.15) is 5.75 Å². The molecule has 2 heterocycles. The lowest BCUT2D eigenvalue weighted by Crippen LogP contribution is -2.51. The Bertz CT molecular complexity index is 1120. The monoisotopic (exact) mass is 388 g/mol. The van der Waals surface area contributed by atoms with Gasteiger partial charge in [-0.2, -0.15) is 5.10 Å². The first-order valence-corrected chi connectivity index (χ1v) is 10.4. The van der Waals surface area contributed by atoms with Crippen LogP contribution < -0.4 is 4.74 Å². The highest BCUT2D eigenvalue weighted by Crippen LogP contribution is 2.52. The summed E-state index contributed by atoms with van der Waals surface area (Å²) in [5.74, 6) is 0.975. The quantitative estimate of drug-likeness (QED) is 0.488. The van der Waals surface area contributed by atoms with Gasteiger partial charge in [0.05, 0.1) is 11.8 Å². The molecule has 0 bridgehead atoms. The summed E-state index contributed by atoms with van der Waals surface area (Å²) in [5.41, 5.74) is 3.19. The molecule has 0 N–H and O–H groups in total. The number of nitrogens with zero attached hydrogens (tertiary/aromatic N) is 2. The first-order chi connectivity index (χ1) is 13.7. The number of benzene rings is 3. The summed E-state index contributed by atoms with van der Waals surface area (Å²) in [4.78, 5) is 0. The Morgan fingerprint density at radius 1 is 0.964 bits per heavy atom. The summed E-state index contributed by atoms with van der Waals surface area (Å²) in [6.07, 6.45) is 5.32. The average molecular weight is 389 g/mol. The van der Waals surface area contributed by atoms with Crippen molar-refractivity contribution < 1.29 is 4.74 Å². The summed E-state index contributed by atoms with van der Waals surface area (Å²) in [6, 6.07) is 21.3. The molecule has 1 saturated carbocycles. The third-order valence-electron chi connectivity index (χ3n) is 6.43. The SMILES string of the molecule is Clc1ccc2c(c1)[C@H]1CC(c3ccc4ccccc4c3)=NN1C1(CCCC1)O2. The van der Waals surface area contributed by atoms with E-state index in [1.54, 1.807) is 0 Å². The van der Waals surface area contributed by atoms with Crippen LogP contribution in [0, 0.1) is 0 Å². The Kier molecular flexibility index (Phi) is 3.51. The molecule has 0 unspecified atom stereocenters. The Hall–Kier alpha value is -2.52. The molecule has 0 aromatic heterocycles. The predicted octanol–water partition coefficient (Wildman–Crippen LogP) is 6.31. The lowest BCUT2D eigenvalue weighted by atomic mass is 9.93. The lowest BCUT2D eigenvalue weighted by molar-refractivity contribution is -0.114. The number of hydrogen-bond acceptors (Lipinski definition) is 3. The van der Waals surface area contributed by atoms with Gasteiger partial charge < -0.3 is 4.74 Å². The first-order valence-electron chi connectivity index (χ1n) is 10.1. The Balaban J connectivity index is 1.46. The van der Waals surface area contributed by atoms with Gasteiger partial charge in [0, 0.05) is 29.8 Å². The minimum atomic E-state index is -0.301. The van der Waals surface area contributed by atoms with Crippen LogP contribution in [0.3, 0.4) is 0 Å². The van der Waals surface area contributed by atoms with Crippen molar-refractivity contribution in [1.82, 2.24) is 5.01 Å². The van der Waals surface area contributed by atoms with E-state index in [4.69, 9.17) is 21.4 Å². The van der Waals surface area contributed by atoms with Crippen LogP contribution in [0.15, 0.2) is 65.8 Å². The maximum absolute atomic E-state index is 6.56. The summed E-state index contributed by atoms with van der Waals surface area (Å²) >= 11 is 6.33. The van der Waals surface area contributed by atoms with Crippen LogP contribution in [0.2, 0.25) is 5.02 Å². The molecule has 2 aliphatic heterocycles. The van der Waals surface area contributed by atoms with E-state index in [-0.39, 0.29) is 11.8 Å². The van der Waals surface area contributed by atoms with Crippen molar-refractivity contribution in [2.24, 2.45) is 5.10 Å². The molecule has 3 aromatic rings. The predicted molar refractivity (Wildman–Crippen MR) is 113 cm³/mol. The maximum atomic E-state index is 6.56. The number of ether oxygens (including phenoxy) is 1. The standard InChI is InChI=1S/C24H21ClN2O/c25-19-9-10-23-20(14-19)22-15-21(26-27(22)24(28-23)11-3-4-12-24)18-8-7-16-5-1-2-6-17(16)13-18/h1-2,5-10,13-14,22H,3-4,11-12,15H2/t22-/m1/s1. The van der Waals surface area contributed by atoms with E-state index in [0.717, 1.165) is 41.3 Å². The van der Waals surface area contributed by atoms with Crippen LogP contribution in [-0.2, 0) is 0 Å². The fourth-order valence-electron chi connectivity index (χ4n) is 5.05. The fraction of sp³-hybridized carbons (Fsp3) is 0.292. The van der Waals surface area contributed by atoms with Crippen molar-refractivity contribution in [3.63, 3.8) is 0 Å². The summed E-state index contributed by atoms with van der Waals surface area (Å²) in [7, 11) is 0. The summed E-state index contributed by atoms with van der Waals surface area (Å²) in [5, 5.41) is 10.7. The van der Waals surface area contributed by atoms with Crippen molar-refractivity contribution in [1.29, 1.82) is 0 Å². The first kappa shape index (κ1) is 16.4. The number of halogens is 1. The summed E-state index contributed by atoms with van der Waals surface area (Å²) in [6.45, 7) is 0. The zero-order valence-electron chi connectivity index (χ0n) is 15.6. The Morgan fingerprint density at radius 2 is 1.79 bits per heavy atom. The molecule has 0 amide bonds. The topological polar surface area (TPSA) is 24.8 Å². The van der Waals surface area contributed by atoms with Crippen LogP contribution in [0.1, 0.15) is 49.3 Å². The molecule has 1 atom stereocenters. The lowest BCUT2D eigenvalue weighted by Gasteiger charge is -2.45. The van der Waals surface area contributed by atoms with E-state index < -0.39 is 0 Å². The third kappa shape index (κ3) is 2.39. The highest BCUT2D eigenvalue weighted by molar-refractivity contribution is 6.30. The highest BCUT2D eigenvalue weighted by Gasteiger charge is 2.51. The Labute approximate surface area is 169 Å². The van der Waals surface area contributed by atoms with Gasteiger partial charge in [-0.3, -0.25) is 0 Å². The highest BCUT2D eigenvalue weighted by atomic mass is 35.5. The van der Waals surface area contributed by atoms with Gasteiger partial charge in [-0.1, -0.05) is 48.0 Å². The van der Waals surface area contributed by atoms with Crippen molar-refractivity contribution >= 4 is 28.1 Å². The van der Waals surface area contributed by atoms with Gasteiger partial charge in [-0.15, -0.1) is 0 Å². The second-order valence-electron chi connectivity index (χ2n) is 8.11. The van der Waals surface area contributed by atoms with E-state index in [0.29, 0.717) is 0 Å². The number of hydrazone groups is 1. The van der Waals surface area contributed by atoms with Crippen LogP contribution >= 0.6 is 11.6 Å². The third-order valence-corrected chi connectivity index (χ3v) is 6.66. The smallest absolute Gasteiger partial charge is 0.198 e. The molecule has 140 valence electrons. The van der Waals surface area contributed by atoms with Crippen LogP contribution in [0.5, 0.6) is 5.75 Å². The van der Waals surface area contributed by atoms with E-state index in [9.17, 15) is 0 Å². The minimum Gasteiger partial charge on any atom is -0.466 e. The molecule has 1 fully saturated rings. The van der Waals surface area contributed by atoms with Crippen LogP contribution in [0.4, 0.5) is 0 Å². The normalized spacial score (nSPS) is 22.1. The molecule has 1 spiro atoms. The molecule has 28 heavy (non-hydrogen) atoms. The molecule has 3 aliphatic rings. The number of fused-ring (bicyclic) bond motifs is 5. The second kappa shape index (κ2) is 5.99. The van der Waals surface area contributed by atoms with Gasteiger partial charge in [-0.25, -0.2) is 5.01 Å². The molecule has 3 aromatic carbocycles. The molecule has 4 heteroatoms. The van der Waals surface area contributed by atoms with E-state index in [2.05, 4.69) is 53.5 Å². The maximum Gasteiger partial charge on any atom is 0.198 e. The van der Waals surface area contributed by atoms with E-state index in [1.807, 2.05) is 12.1 Å². The molecular weight excluding hydrogens is 368 g/mol. The Morgan fingerprint density at radius 3 is 2.64 bits per heavy atom. The number of hydrogen-bond donors (Lipinski definition) is 0. The fourth-order valence-corrected chi connectivity index (χ4v) is 5.23. The van der Waals surface area contributed by atoms with E-state index in [1.165, 1.54) is 29.2 Å². The van der Waals surface area contributed by atoms with Crippen molar-refractivity contribution in [3.8, 4) is 5.75 Å².